The molecule has 10 nitrogen and oxygen atoms in total. The number of nitrogens with zero attached hydrogens (tertiary/aromatic N) is 3. The Morgan fingerprint density at radius 1 is 1.22 bits per heavy atom. The monoisotopic (exact) mass is 325 g/mol. The minimum Gasteiger partial charge on any atom is -0.478 e. The van der Waals surface area contributed by atoms with E-state index in [2.05, 4.69) is 0 Å². The second-order valence-electron chi connectivity index (χ2n) is 5.34. The van der Waals surface area contributed by atoms with Gasteiger partial charge < -0.3 is 14.7 Å². The maximum atomic E-state index is 11.5. The first-order valence-electron chi connectivity index (χ1n) is 6.81. The van der Waals surface area contributed by atoms with E-state index in [-0.39, 0.29) is 31.0 Å². The number of hydrogen-bond donors (Lipinski definition) is 1. The van der Waals surface area contributed by atoms with E-state index in [0.717, 1.165) is 12.1 Å². The molecule has 23 heavy (non-hydrogen) atoms. The molecule has 1 N–H and O–H groups in total. The molecule has 1 fully saturated rings. The SMILES string of the molecule is CC1CN(c2c(C(=O)O)cc([N+](=O)[O-])cc2[N+](=O)[O-])CC(C)O1. The van der Waals surface area contributed by atoms with Gasteiger partial charge in [-0.1, -0.05) is 0 Å². The van der Waals surface area contributed by atoms with Crippen molar-refractivity contribution >= 4 is 23.0 Å². The lowest BCUT2D eigenvalue weighted by Gasteiger charge is -2.36. The molecule has 124 valence electrons. The van der Waals surface area contributed by atoms with E-state index in [4.69, 9.17) is 4.74 Å². The number of morpholine rings is 1. The van der Waals surface area contributed by atoms with Crippen LogP contribution in [0, 0.1) is 20.2 Å². The molecule has 2 unspecified atom stereocenters. The van der Waals surface area contributed by atoms with Crippen molar-refractivity contribution in [1.29, 1.82) is 0 Å². The summed E-state index contributed by atoms with van der Waals surface area (Å²) in [7, 11) is 0. The third kappa shape index (κ3) is 3.37. The fraction of sp³-hybridized carbons (Fsp3) is 0.462. The van der Waals surface area contributed by atoms with Crippen molar-refractivity contribution in [3.8, 4) is 0 Å². The first kappa shape index (κ1) is 16.6. The zero-order valence-electron chi connectivity index (χ0n) is 12.5. The number of benzene rings is 1. The molecule has 1 aromatic rings. The molecule has 0 spiro atoms. The fourth-order valence-electron chi connectivity index (χ4n) is 2.70. The number of carbonyl (C=O) groups is 1. The van der Waals surface area contributed by atoms with Gasteiger partial charge in [0.25, 0.3) is 11.4 Å². The van der Waals surface area contributed by atoms with Gasteiger partial charge in [0, 0.05) is 19.2 Å². The number of non-ortho nitro benzene ring substituents is 1. The van der Waals surface area contributed by atoms with E-state index in [9.17, 15) is 30.1 Å². The zero-order valence-corrected chi connectivity index (χ0v) is 12.5. The fourth-order valence-corrected chi connectivity index (χ4v) is 2.70. The van der Waals surface area contributed by atoms with Gasteiger partial charge in [-0.05, 0) is 13.8 Å². The molecule has 0 radical (unpaired) electrons. The molecule has 0 amide bonds. The standard InChI is InChI=1S/C13H15N3O7/c1-7-5-14(6-8(2)23-7)12-10(13(17)18)3-9(15(19)20)4-11(12)16(21)22/h3-4,7-8H,5-6H2,1-2H3,(H,17,18). The van der Waals surface area contributed by atoms with Crippen LogP contribution in [0.5, 0.6) is 0 Å². The van der Waals surface area contributed by atoms with Crippen LogP contribution in [0.1, 0.15) is 24.2 Å². The summed E-state index contributed by atoms with van der Waals surface area (Å²) in [5.74, 6) is -1.46. The van der Waals surface area contributed by atoms with Crippen LogP contribution in [-0.4, -0.2) is 46.2 Å². The van der Waals surface area contributed by atoms with Crippen LogP contribution in [0.3, 0.4) is 0 Å². The Kier molecular flexibility index (Phi) is 4.45. The molecular formula is C13H15N3O7. The highest BCUT2D eigenvalue weighted by Gasteiger charge is 2.34. The third-order valence-electron chi connectivity index (χ3n) is 3.45. The summed E-state index contributed by atoms with van der Waals surface area (Å²) in [6, 6.07) is 1.63. The molecule has 1 heterocycles. The molecule has 0 bridgehead atoms. The van der Waals surface area contributed by atoms with Crippen LogP contribution in [-0.2, 0) is 4.74 Å². The Labute approximate surface area is 130 Å². The second kappa shape index (κ2) is 6.16. The Bertz CT molecular complexity index is 631. The molecule has 1 aromatic carbocycles. The maximum absolute atomic E-state index is 11.5. The van der Waals surface area contributed by atoms with Gasteiger partial charge in [-0.15, -0.1) is 0 Å². The molecule has 0 aliphatic carbocycles. The first-order valence-corrected chi connectivity index (χ1v) is 6.81. The first-order chi connectivity index (χ1) is 10.7. The summed E-state index contributed by atoms with van der Waals surface area (Å²) < 4.78 is 5.53. The third-order valence-corrected chi connectivity index (χ3v) is 3.45. The van der Waals surface area contributed by atoms with Crippen molar-refractivity contribution < 1.29 is 24.5 Å². The van der Waals surface area contributed by atoms with Gasteiger partial charge in [-0.25, -0.2) is 4.79 Å². The number of hydrogen-bond acceptors (Lipinski definition) is 7. The largest absolute Gasteiger partial charge is 0.478 e. The summed E-state index contributed by atoms with van der Waals surface area (Å²) in [5.41, 5.74) is -1.83. The van der Waals surface area contributed by atoms with Crippen molar-refractivity contribution in [2.75, 3.05) is 18.0 Å². The van der Waals surface area contributed by atoms with Gasteiger partial charge in [-0.2, -0.15) is 0 Å². The quantitative estimate of drug-likeness (QED) is 0.653. The highest BCUT2D eigenvalue weighted by Crippen LogP contribution is 2.37. The Morgan fingerprint density at radius 3 is 2.22 bits per heavy atom. The van der Waals surface area contributed by atoms with Crippen LogP contribution >= 0.6 is 0 Å². The van der Waals surface area contributed by atoms with Crippen molar-refractivity contribution in [3.05, 3.63) is 37.9 Å². The number of anilines is 1. The number of carboxylic acids is 1. The van der Waals surface area contributed by atoms with Gasteiger partial charge in [-0.3, -0.25) is 20.2 Å². The summed E-state index contributed by atoms with van der Waals surface area (Å²) in [6.07, 6.45) is -0.509. The Balaban J connectivity index is 2.66. The molecule has 1 aliphatic rings. The molecule has 1 aliphatic heterocycles. The molecule has 0 aromatic heterocycles. The maximum Gasteiger partial charge on any atom is 0.338 e. The normalized spacial score (nSPS) is 21.0. The number of rotatable bonds is 4. The lowest BCUT2D eigenvalue weighted by molar-refractivity contribution is -0.393. The summed E-state index contributed by atoms with van der Waals surface area (Å²) in [6.45, 7) is 4.03. The highest BCUT2D eigenvalue weighted by molar-refractivity contribution is 5.98. The molecule has 10 heteroatoms. The number of aromatic carboxylic acids is 1. The van der Waals surface area contributed by atoms with Gasteiger partial charge in [0.15, 0.2) is 0 Å². The molecule has 1 saturated heterocycles. The second-order valence-corrected chi connectivity index (χ2v) is 5.34. The summed E-state index contributed by atoms with van der Waals surface area (Å²) in [5, 5.41) is 31.5. The lowest BCUT2D eigenvalue weighted by Crippen LogP contribution is -2.46. The molecular weight excluding hydrogens is 310 g/mol. The smallest absolute Gasteiger partial charge is 0.338 e. The predicted octanol–water partition coefficient (Wildman–Crippen LogP) is 1.81. The van der Waals surface area contributed by atoms with Gasteiger partial charge in [0.2, 0.25) is 0 Å². The number of nitro benzene ring substituents is 2. The van der Waals surface area contributed by atoms with E-state index in [1.54, 1.807) is 13.8 Å². The summed E-state index contributed by atoms with van der Waals surface area (Å²) >= 11 is 0. The van der Waals surface area contributed by atoms with Crippen molar-refractivity contribution in [1.82, 2.24) is 0 Å². The van der Waals surface area contributed by atoms with E-state index in [0.29, 0.717) is 0 Å². The van der Waals surface area contributed by atoms with Crippen molar-refractivity contribution in [2.45, 2.75) is 26.1 Å². The summed E-state index contributed by atoms with van der Waals surface area (Å²) in [4.78, 5) is 33.6. The van der Waals surface area contributed by atoms with E-state index < -0.39 is 32.8 Å². The van der Waals surface area contributed by atoms with Gasteiger partial charge >= 0.3 is 5.97 Å². The number of carboxylic acid groups (broad SMARTS) is 1. The average Bonchev–Trinajstić information content (AvgIpc) is 2.44. The van der Waals surface area contributed by atoms with Crippen molar-refractivity contribution in [3.63, 3.8) is 0 Å². The Morgan fingerprint density at radius 2 is 1.78 bits per heavy atom. The lowest BCUT2D eigenvalue weighted by atomic mass is 10.1. The average molecular weight is 325 g/mol. The van der Waals surface area contributed by atoms with Gasteiger partial charge in [0.05, 0.1) is 33.7 Å². The predicted molar refractivity (Wildman–Crippen MR) is 78.9 cm³/mol. The number of nitro groups is 2. The van der Waals surface area contributed by atoms with E-state index in [1.807, 2.05) is 0 Å². The van der Waals surface area contributed by atoms with Crippen LogP contribution in [0.2, 0.25) is 0 Å². The molecule has 2 atom stereocenters. The van der Waals surface area contributed by atoms with E-state index >= 15 is 0 Å². The van der Waals surface area contributed by atoms with Crippen LogP contribution in [0.15, 0.2) is 12.1 Å². The van der Waals surface area contributed by atoms with Crippen LogP contribution < -0.4 is 4.90 Å². The zero-order chi connectivity index (χ0) is 17.3. The molecule has 2 rings (SSSR count). The van der Waals surface area contributed by atoms with Crippen molar-refractivity contribution in [2.24, 2.45) is 0 Å². The molecule has 0 saturated carbocycles. The van der Waals surface area contributed by atoms with Crippen LogP contribution in [0.25, 0.3) is 0 Å². The minimum atomic E-state index is -1.46. The number of ether oxygens (including phenoxy) is 1. The van der Waals surface area contributed by atoms with Gasteiger partial charge in [0.1, 0.15) is 5.69 Å². The highest BCUT2D eigenvalue weighted by atomic mass is 16.6. The van der Waals surface area contributed by atoms with Crippen LogP contribution in [0.4, 0.5) is 17.1 Å². The topological polar surface area (TPSA) is 136 Å². The Hall–Kier alpha value is -2.75. The minimum absolute atomic E-state index is 0.130. The van der Waals surface area contributed by atoms with E-state index in [1.165, 1.54) is 4.90 Å².